The van der Waals surface area contributed by atoms with Crippen LogP contribution in [0, 0.1) is 22.7 Å². The Labute approximate surface area is 91.5 Å². The molecule has 14 heavy (non-hydrogen) atoms. The largest absolute Gasteiger partial charge is 0.0622 e. The van der Waals surface area contributed by atoms with Crippen LogP contribution >= 0.6 is 0 Å². The summed E-state index contributed by atoms with van der Waals surface area (Å²) in [6.45, 7) is 18.9. The molecule has 0 bridgehead atoms. The van der Waals surface area contributed by atoms with E-state index in [1.807, 2.05) is 0 Å². The van der Waals surface area contributed by atoms with Crippen molar-refractivity contribution in [2.45, 2.75) is 68.2 Å². The van der Waals surface area contributed by atoms with Gasteiger partial charge in [-0.15, -0.1) is 0 Å². The molecule has 0 radical (unpaired) electrons. The van der Waals surface area contributed by atoms with Crippen molar-refractivity contribution in [2.24, 2.45) is 22.7 Å². The van der Waals surface area contributed by atoms with E-state index in [0.717, 1.165) is 11.8 Å². The molecule has 0 heteroatoms. The summed E-state index contributed by atoms with van der Waals surface area (Å²) in [6, 6.07) is 0. The second kappa shape index (κ2) is 4.68. The number of rotatable bonds is 3. The van der Waals surface area contributed by atoms with Crippen LogP contribution < -0.4 is 0 Å². The summed E-state index contributed by atoms with van der Waals surface area (Å²) in [6.07, 6.45) is 2.70. The maximum Gasteiger partial charge on any atom is -0.0354 e. The molecule has 0 nitrogen and oxygen atoms in total. The summed E-state index contributed by atoms with van der Waals surface area (Å²) in [7, 11) is 0. The third-order valence-electron chi connectivity index (χ3n) is 3.57. The summed E-state index contributed by atoms with van der Waals surface area (Å²) < 4.78 is 0. The Morgan fingerprint density at radius 1 is 0.857 bits per heavy atom. The van der Waals surface area contributed by atoms with Gasteiger partial charge in [-0.1, -0.05) is 55.4 Å². The Bertz CT molecular complexity index is 154. The first-order chi connectivity index (χ1) is 6.04. The summed E-state index contributed by atoms with van der Waals surface area (Å²) >= 11 is 0. The van der Waals surface area contributed by atoms with Crippen molar-refractivity contribution in [1.82, 2.24) is 0 Å². The lowest BCUT2D eigenvalue weighted by Crippen LogP contribution is -2.24. The molecule has 2 unspecified atom stereocenters. The zero-order valence-corrected chi connectivity index (χ0v) is 11.6. The van der Waals surface area contributed by atoms with Gasteiger partial charge in [-0.05, 0) is 35.5 Å². The van der Waals surface area contributed by atoms with Crippen LogP contribution in [0.2, 0.25) is 0 Å². The Kier molecular flexibility index (Phi) is 4.68. The molecule has 0 spiro atoms. The predicted octanol–water partition coefficient (Wildman–Crippen LogP) is 5.13. The van der Waals surface area contributed by atoms with Crippen LogP contribution in [0.3, 0.4) is 0 Å². The van der Waals surface area contributed by atoms with E-state index in [1.165, 1.54) is 12.8 Å². The minimum absolute atomic E-state index is 0.456. The summed E-state index contributed by atoms with van der Waals surface area (Å²) in [4.78, 5) is 0. The van der Waals surface area contributed by atoms with Crippen LogP contribution in [0.5, 0.6) is 0 Å². The van der Waals surface area contributed by atoms with Gasteiger partial charge in [0.05, 0.1) is 0 Å². The average Bonchev–Trinajstić information content (AvgIpc) is 1.95. The smallest absolute Gasteiger partial charge is 0.0354 e. The van der Waals surface area contributed by atoms with Crippen molar-refractivity contribution >= 4 is 0 Å². The molecule has 0 N–H and O–H groups in total. The molecule has 0 aliphatic rings. The molecule has 2 atom stereocenters. The summed E-state index contributed by atoms with van der Waals surface area (Å²) in [5.41, 5.74) is 0.948. The van der Waals surface area contributed by atoms with Crippen molar-refractivity contribution in [3.8, 4) is 0 Å². The van der Waals surface area contributed by atoms with Crippen LogP contribution in [-0.4, -0.2) is 0 Å². The van der Waals surface area contributed by atoms with Crippen LogP contribution in [0.25, 0.3) is 0 Å². The summed E-state index contributed by atoms with van der Waals surface area (Å²) in [5, 5.41) is 0. The number of hydrogen-bond acceptors (Lipinski definition) is 0. The average molecular weight is 198 g/mol. The lowest BCUT2D eigenvalue weighted by atomic mass is 9.72. The van der Waals surface area contributed by atoms with Crippen LogP contribution in [0.15, 0.2) is 0 Å². The minimum Gasteiger partial charge on any atom is -0.0622 e. The highest BCUT2D eigenvalue weighted by molar-refractivity contribution is 4.76. The fourth-order valence-electron chi connectivity index (χ4n) is 1.76. The first-order valence-electron chi connectivity index (χ1n) is 6.04. The van der Waals surface area contributed by atoms with Gasteiger partial charge in [-0.25, -0.2) is 0 Å². The van der Waals surface area contributed by atoms with Crippen LogP contribution in [-0.2, 0) is 0 Å². The highest BCUT2D eigenvalue weighted by Gasteiger charge is 2.26. The van der Waals surface area contributed by atoms with Crippen LogP contribution in [0.4, 0.5) is 0 Å². The van der Waals surface area contributed by atoms with E-state index in [-0.39, 0.29) is 0 Å². The van der Waals surface area contributed by atoms with Gasteiger partial charge in [0, 0.05) is 0 Å². The maximum atomic E-state index is 2.40. The minimum atomic E-state index is 0.456. The predicted molar refractivity (Wildman–Crippen MR) is 66.5 cm³/mol. The van der Waals surface area contributed by atoms with E-state index >= 15 is 0 Å². The van der Waals surface area contributed by atoms with Gasteiger partial charge in [0.15, 0.2) is 0 Å². The van der Waals surface area contributed by atoms with Crippen molar-refractivity contribution in [1.29, 1.82) is 0 Å². The molecule has 0 rings (SSSR count). The fraction of sp³-hybridized carbons (Fsp3) is 1.00. The Morgan fingerprint density at radius 2 is 1.29 bits per heavy atom. The summed E-state index contributed by atoms with van der Waals surface area (Å²) in [5.74, 6) is 1.65. The third kappa shape index (κ3) is 5.67. The number of hydrogen-bond donors (Lipinski definition) is 0. The highest BCUT2D eigenvalue weighted by atomic mass is 14.3. The first kappa shape index (κ1) is 14.0. The lowest BCUT2D eigenvalue weighted by molar-refractivity contribution is 0.166. The molecule has 0 aromatic heterocycles. The molecule has 0 amide bonds. The molecular formula is C14H30. The first-order valence-corrected chi connectivity index (χ1v) is 6.04. The van der Waals surface area contributed by atoms with E-state index in [1.54, 1.807) is 0 Å². The van der Waals surface area contributed by atoms with Gasteiger partial charge < -0.3 is 0 Å². The van der Waals surface area contributed by atoms with Gasteiger partial charge in [0.25, 0.3) is 0 Å². The zero-order chi connectivity index (χ0) is 11.6. The normalized spacial score (nSPS) is 18.0. The third-order valence-corrected chi connectivity index (χ3v) is 3.57. The zero-order valence-electron chi connectivity index (χ0n) is 11.6. The lowest BCUT2D eigenvalue weighted by Gasteiger charge is -2.33. The molecule has 86 valence electrons. The molecule has 0 aromatic carbocycles. The SMILES string of the molecule is CC(CCC(C)(C)C)C(C)C(C)(C)C. The van der Waals surface area contributed by atoms with E-state index in [0.29, 0.717) is 10.8 Å². The van der Waals surface area contributed by atoms with Crippen molar-refractivity contribution in [3.63, 3.8) is 0 Å². The monoisotopic (exact) mass is 198 g/mol. The Morgan fingerprint density at radius 3 is 1.57 bits per heavy atom. The quantitative estimate of drug-likeness (QED) is 0.589. The molecule has 0 aromatic rings. The highest BCUT2D eigenvalue weighted by Crippen LogP contribution is 2.35. The molecular weight excluding hydrogens is 168 g/mol. The molecule has 0 fully saturated rings. The van der Waals surface area contributed by atoms with E-state index < -0.39 is 0 Å². The molecule has 0 saturated heterocycles. The molecule has 0 heterocycles. The maximum absolute atomic E-state index is 2.40. The molecule has 0 saturated carbocycles. The van der Waals surface area contributed by atoms with Crippen LogP contribution in [0.1, 0.15) is 68.2 Å². The molecule has 0 aliphatic heterocycles. The second-order valence-electron chi connectivity index (χ2n) is 7.23. The van der Waals surface area contributed by atoms with E-state index in [9.17, 15) is 0 Å². The second-order valence-corrected chi connectivity index (χ2v) is 7.23. The van der Waals surface area contributed by atoms with Crippen molar-refractivity contribution in [2.75, 3.05) is 0 Å². The molecule has 0 aliphatic carbocycles. The Balaban J connectivity index is 4.03. The van der Waals surface area contributed by atoms with Crippen molar-refractivity contribution < 1.29 is 0 Å². The van der Waals surface area contributed by atoms with Gasteiger partial charge in [-0.3, -0.25) is 0 Å². The van der Waals surface area contributed by atoms with Gasteiger partial charge >= 0.3 is 0 Å². The van der Waals surface area contributed by atoms with Gasteiger partial charge in [0.2, 0.25) is 0 Å². The fourth-order valence-corrected chi connectivity index (χ4v) is 1.76. The van der Waals surface area contributed by atoms with Gasteiger partial charge in [0.1, 0.15) is 0 Å². The van der Waals surface area contributed by atoms with E-state index in [4.69, 9.17) is 0 Å². The topological polar surface area (TPSA) is 0 Å². The van der Waals surface area contributed by atoms with E-state index in [2.05, 4.69) is 55.4 Å². The standard InChI is InChI=1S/C14H30/c1-11(9-10-13(3,4)5)12(2)14(6,7)8/h11-12H,9-10H2,1-8H3. The van der Waals surface area contributed by atoms with Crippen molar-refractivity contribution in [3.05, 3.63) is 0 Å². The van der Waals surface area contributed by atoms with Gasteiger partial charge in [-0.2, -0.15) is 0 Å². The Hall–Kier alpha value is 0.